The van der Waals surface area contributed by atoms with Crippen LogP contribution >= 0.6 is 0 Å². The predicted molar refractivity (Wildman–Crippen MR) is 84.9 cm³/mol. The van der Waals surface area contributed by atoms with E-state index >= 15 is 0 Å². The van der Waals surface area contributed by atoms with E-state index in [0.29, 0.717) is 12.1 Å². The Morgan fingerprint density at radius 3 is 2.67 bits per heavy atom. The summed E-state index contributed by atoms with van der Waals surface area (Å²) < 4.78 is 13.6. The summed E-state index contributed by atoms with van der Waals surface area (Å²) in [6, 6.07) is 13.4. The summed E-state index contributed by atoms with van der Waals surface area (Å²) in [7, 11) is 0. The normalized spacial score (nSPS) is 10.8. The lowest BCUT2D eigenvalue weighted by atomic mass is 10.1. The number of hydrogen-bond donors (Lipinski definition) is 1. The standard InChI is InChI=1S/C18H17FN2/c1-12-5-7-14(10-16(12)19)11-21-17-8-6-13(2)18-15(17)4-3-9-20-18/h3-10,21H,11H2,1-2H3. The number of halogens is 1. The average molecular weight is 280 g/mol. The van der Waals surface area contributed by atoms with Gasteiger partial charge in [-0.1, -0.05) is 18.2 Å². The van der Waals surface area contributed by atoms with Gasteiger partial charge in [0.1, 0.15) is 5.82 Å². The molecule has 2 nitrogen and oxygen atoms in total. The quantitative estimate of drug-likeness (QED) is 0.758. The molecule has 1 heterocycles. The maximum Gasteiger partial charge on any atom is 0.126 e. The van der Waals surface area contributed by atoms with Gasteiger partial charge in [-0.2, -0.15) is 0 Å². The molecule has 0 unspecified atom stereocenters. The second-order valence-electron chi connectivity index (χ2n) is 5.27. The number of nitrogens with one attached hydrogen (secondary N) is 1. The van der Waals surface area contributed by atoms with E-state index in [4.69, 9.17) is 0 Å². The van der Waals surface area contributed by atoms with E-state index in [1.807, 2.05) is 30.3 Å². The fourth-order valence-corrected chi connectivity index (χ4v) is 2.41. The summed E-state index contributed by atoms with van der Waals surface area (Å²) in [6.07, 6.45) is 1.80. The molecule has 0 fully saturated rings. The molecule has 0 saturated heterocycles. The summed E-state index contributed by atoms with van der Waals surface area (Å²) in [6.45, 7) is 4.41. The Morgan fingerprint density at radius 2 is 1.86 bits per heavy atom. The highest BCUT2D eigenvalue weighted by Gasteiger charge is 2.05. The molecule has 106 valence electrons. The minimum absolute atomic E-state index is 0.162. The molecule has 3 heteroatoms. The molecule has 0 atom stereocenters. The van der Waals surface area contributed by atoms with Gasteiger partial charge in [0, 0.05) is 23.8 Å². The van der Waals surface area contributed by atoms with Gasteiger partial charge in [-0.15, -0.1) is 0 Å². The second-order valence-corrected chi connectivity index (χ2v) is 5.27. The van der Waals surface area contributed by atoms with Gasteiger partial charge in [0.15, 0.2) is 0 Å². The highest BCUT2D eigenvalue weighted by molar-refractivity contribution is 5.93. The van der Waals surface area contributed by atoms with Crippen LogP contribution in [0, 0.1) is 19.7 Å². The fraction of sp³-hybridized carbons (Fsp3) is 0.167. The van der Waals surface area contributed by atoms with Crippen LogP contribution in [0.5, 0.6) is 0 Å². The van der Waals surface area contributed by atoms with Gasteiger partial charge in [-0.05, 0) is 54.8 Å². The molecule has 1 N–H and O–H groups in total. The lowest BCUT2D eigenvalue weighted by Gasteiger charge is -2.11. The molecule has 0 saturated carbocycles. The van der Waals surface area contributed by atoms with E-state index in [1.54, 1.807) is 25.3 Å². The van der Waals surface area contributed by atoms with E-state index in [0.717, 1.165) is 27.7 Å². The SMILES string of the molecule is Cc1ccc(CNc2ccc(C)c3ncccc23)cc1F. The van der Waals surface area contributed by atoms with Crippen LogP contribution in [-0.4, -0.2) is 4.98 Å². The van der Waals surface area contributed by atoms with Crippen LogP contribution in [0.15, 0.2) is 48.7 Å². The molecule has 0 radical (unpaired) electrons. The molecule has 3 aromatic rings. The predicted octanol–water partition coefficient (Wildman–Crippen LogP) is 4.60. The zero-order valence-corrected chi connectivity index (χ0v) is 12.2. The number of anilines is 1. The molecule has 21 heavy (non-hydrogen) atoms. The second kappa shape index (κ2) is 5.52. The van der Waals surface area contributed by atoms with Gasteiger partial charge in [0.05, 0.1) is 5.52 Å². The van der Waals surface area contributed by atoms with E-state index in [1.165, 1.54) is 0 Å². The van der Waals surface area contributed by atoms with Gasteiger partial charge >= 0.3 is 0 Å². The summed E-state index contributed by atoms with van der Waals surface area (Å²) in [5, 5.41) is 4.46. The Morgan fingerprint density at radius 1 is 1.05 bits per heavy atom. The van der Waals surface area contributed by atoms with Crippen LogP contribution in [0.25, 0.3) is 10.9 Å². The van der Waals surface area contributed by atoms with Crippen LogP contribution in [0.1, 0.15) is 16.7 Å². The van der Waals surface area contributed by atoms with Crippen molar-refractivity contribution in [2.45, 2.75) is 20.4 Å². The van der Waals surface area contributed by atoms with Gasteiger partial charge in [-0.3, -0.25) is 4.98 Å². The lowest BCUT2D eigenvalue weighted by Crippen LogP contribution is -2.01. The molecule has 0 aliphatic carbocycles. The van der Waals surface area contributed by atoms with Crippen molar-refractivity contribution >= 4 is 16.6 Å². The Bertz CT molecular complexity index is 796. The van der Waals surface area contributed by atoms with E-state index < -0.39 is 0 Å². The third-order valence-electron chi connectivity index (χ3n) is 3.69. The number of nitrogens with zero attached hydrogens (tertiary/aromatic N) is 1. The number of fused-ring (bicyclic) bond motifs is 1. The van der Waals surface area contributed by atoms with Crippen molar-refractivity contribution in [3.05, 3.63) is 71.2 Å². The van der Waals surface area contributed by atoms with Gasteiger partial charge < -0.3 is 5.32 Å². The van der Waals surface area contributed by atoms with E-state index in [2.05, 4.69) is 17.2 Å². The molecule has 0 spiro atoms. The van der Waals surface area contributed by atoms with E-state index in [9.17, 15) is 4.39 Å². The van der Waals surface area contributed by atoms with Crippen LogP contribution < -0.4 is 5.32 Å². The number of rotatable bonds is 3. The Labute approximate surface area is 123 Å². The van der Waals surface area contributed by atoms with Crippen molar-refractivity contribution in [3.63, 3.8) is 0 Å². The van der Waals surface area contributed by atoms with Crippen molar-refractivity contribution in [1.82, 2.24) is 4.98 Å². The Balaban J connectivity index is 1.88. The number of pyridine rings is 1. The average Bonchev–Trinajstić information content (AvgIpc) is 2.50. The monoisotopic (exact) mass is 280 g/mol. The minimum atomic E-state index is -0.162. The van der Waals surface area contributed by atoms with Gasteiger partial charge in [-0.25, -0.2) is 4.39 Å². The van der Waals surface area contributed by atoms with Crippen molar-refractivity contribution < 1.29 is 4.39 Å². The largest absolute Gasteiger partial charge is 0.380 e. The number of aryl methyl sites for hydroxylation is 2. The maximum absolute atomic E-state index is 13.6. The fourth-order valence-electron chi connectivity index (χ4n) is 2.41. The first-order valence-corrected chi connectivity index (χ1v) is 6.98. The number of benzene rings is 2. The molecule has 1 aromatic heterocycles. The number of hydrogen-bond acceptors (Lipinski definition) is 2. The zero-order chi connectivity index (χ0) is 14.8. The maximum atomic E-state index is 13.6. The van der Waals surface area contributed by atoms with Crippen LogP contribution in [0.4, 0.5) is 10.1 Å². The molecule has 0 aliphatic heterocycles. The molecule has 0 amide bonds. The topological polar surface area (TPSA) is 24.9 Å². The van der Waals surface area contributed by atoms with Crippen molar-refractivity contribution in [2.24, 2.45) is 0 Å². The Hall–Kier alpha value is -2.42. The highest BCUT2D eigenvalue weighted by Crippen LogP contribution is 2.25. The van der Waals surface area contributed by atoms with Gasteiger partial charge in [0.25, 0.3) is 0 Å². The minimum Gasteiger partial charge on any atom is -0.380 e. The molecule has 2 aromatic carbocycles. The third kappa shape index (κ3) is 2.72. The first kappa shape index (κ1) is 13.6. The van der Waals surface area contributed by atoms with Gasteiger partial charge in [0.2, 0.25) is 0 Å². The molecule has 0 bridgehead atoms. The van der Waals surface area contributed by atoms with Crippen LogP contribution in [0.3, 0.4) is 0 Å². The van der Waals surface area contributed by atoms with Crippen molar-refractivity contribution in [1.29, 1.82) is 0 Å². The first-order chi connectivity index (χ1) is 10.1. The Kier molecular flexibility index (Phi) is 3.57. The number of aromatic nitrogens is 1. The summed E-state index contributed by atoms with van der Waals surface area (Å²) in [4.78, 5) is 4.42. The zero-order valence-electron chi connectivity index (χ0n) is 12.2. The van der Waals surface area contributed by atoms with Crippen molar-refractivity contribution in [2.75, 3.05) is 5.32 Å². The van der Waals surface area contributed by atoms with Crippen LogP contribution in [-0.2, 0) is 6.54 Å². The smallest absolute Gasteiger partial charge is 0.126 e. The molecular weight excluding hydrogens is 263 g/mol. The third-order valence-corrected chi connectivity index (χ3v) is 3.69. The van der Waals surface area contributed by atoms with E-state index in [-0.39, 0.29) is 5.82 Å². The summed E-state index contributed by atoms with van der Waals surface area (Å²) >= 11 is 0. The first-order valence-electron chi connectivity index (χ1n) is 6.98. The molecule has 0 aliphatic rings. The van der Waals surface area contributed by atoms with Crippen molar-refractivity contribution in [3.8, 4) is 0 Å². The lowest BCUT2D eigenvalue weighted by molar-refractivity contribution is 0.616. The molecule has 3 rings (SSSR count). The van der Waals surface area contributed by atoms with Crippen LogP contribution in [0.2, 0.25) is 0 Å². The highest BCUT2D eigenvalue weighted by atomic mass is 19.1. The molecular formula is C18H17FN2. The summed E-state index contributed by atoms with van der Waals surface area (Å²) in [5.41, 5.74) is 4.76. The summed E-state index contributed by atoms with van der Waals surface area (Å²) in [5.74, 6) is -0.162.